The van der Waals surface area contributed by atoms with Gasteiger partial charge in [0.1, 0.15) is 5.82 Å². The highest BCUT2D eigenvalue weighted by Gasteiger charge is 2.05. The van der Waals surface area contributed by atoms with Gasteiger partial charge in [0.2, 0.25) is 5.91 Å². The third-order valence-electron chi connectivity index (χ3n) is 3.64. The van der Waals surface area contributed by atoms with Crippen molar-refractivity contribution in [2.24, 2.45) is 0 Å². The molecule has 0 fully saturated rings. The number of amides is 1. The molecule has 8 heteroatoms. The van der Waals surface area contributed by atoms with Crippen molar-refractivity contribution in [1.29, 1.82) is 0 Å². The first-order valence-electron chi connectivity index (χ1n) is 8.00. The minimum Gasteiger partial charge on any atom is -0.320 e. The average Bonchev–Trinajstić information content (AvgIpc) is 3.07. The molecule has 2 aromatic carbocycles. The van der Waals surface area contributed by atoms with Crippen LogP contribution >= 0.6 is 0 Å². The molecule has 1 N–H and O–H groups in total. The van der Waals surface area contributed by atoms with E-state index < -0.39 is 10.8 Å². The molecule has 136 valence electrons. The molecule has 0 saturated heterocycles. The number of halogens is 1. The van der Waals surface area contributed by atoms with Crippen molar-refractivity contribution in [1.82, 2.24) is 9.78 Å². The number of aromatic nitrogens is 2. The third kappa shape index (κ3) is 5.08. The maximum Gasteiger partial charge on any atom is 0.270 e. The van der Waals surface area contributed by atoms with E-state index in [0.29, 0.717) is 17.8 Å². The first kappa shape index (κ1) is 18.0. The van der Waals surface area contributed by atoms with Crippen LogP contribution in [-0.2, 0) is 11.3 Å². The minimum atomic E-state index is -0.496. The number of nitro groups is 1. The Hall–Kier alpha value is -3.81. The van der Waals surface area contributed by atoms with Crippen molar-refractivity contribution in [2.75, 3.05) is 5.32 Å². The van der Waals surface area contributed by atoms with Crippen LogP contribution in [0.15, 0.2) is 67.0 Å². The first-order valence-corrected chi connectivity index (χ1v) is 8.00. The molecular weight excluding hydrogens is 351 g/mol. The molecule has 0 aliphatic heterocycles. The average molecular weight is 366 g/mol. The highest BCUT2D eigenvalue weighted by molar-refractivity contribution is 6.01. The molecule has 3 rings (SSSR count). The van der Waals surface area contributed by atoms with Crippen LogP contribution in [0.3, 0.4) is 0 Å². The van der Waals surface area contributed by atoms with E-state index in [1.165, 1.54) is 42.6 Å². The van der Waals surface area contributed by atoms with E-state index in [1.807, 2.05) is 0 Å². The molecule has 0 saturated carbocycles. The fourth-order valence-corrected chi connectivity index (χ4v) is 2.43. The molecule has 3 aromatic rings. The van der Waals surface area contributed by atoms with E-state index in [0.717, 1.165) is 5.56 Å². The van der Waals surface area contributed by atoms with E-state index in [4.69, 9.17) is 0 Å². The quantitative estimate of drug-likeness (QED) is 0.410. The van der Waals surface area contributed by atoms with Gasteiger partial charge in [0, 0.05) is 24.4 Å². The second-order valence-electron chi connectivity index (χ2n) is 5.73. The molecule has 0 unspecified atom stereocenters. The maximum atomic E-state index is 13.2. The summed E-state index contributed by atoms with van der Waals surface area (Å²) in [7, 11) is 0. The van der Waals surface area contributed by atoms with Gasteiger partial charge in [-0.05, 0) is 29.3 Å². The second kappa shape index (κ2) is 8.05. The van der Waals surface area contributed by atoms with Crippen molar-refractivity contribution in [2.45, 2.75) is 6.54 Å². The zero-order valence-electron chi connectivity index (χ0n) is 14.1. The number of nitrogens with zero attached hydrogens (tertiary/aromatic N) is 3. The van der Waals surface area contributed by atoms with E-state index in [9.17, 15) is 19.3 Å². The summed E-state index contributed by atoms with van der Waals surface area (Å²) >= 11 is 0. The van der Waals surface area contributed by atoms with Crippen LogP contribution in [0.1, 0.15) is 11.1 Å². The Morgan fingerprint density at radius 1 is 1.26 bits per heavy atom. The number of carbonyl (C=O) groups is 1. The van der Waals surface area contributed by atoms with Gasteiger partial charge in [-0.25, -0.2) is 4.39 Å². The summed E-state index contributed by atoms with van der Waals surface area (Å²) in [5.74, 6) is -0.716. The SMILES string of the molecule is O=C(/C=C/c1cccc([N+](=O)[O-])c1)Nc1cnn(Cc2cccc(F)c2)c1. The molecule has 0 aliphatic carbocycles. The number of hydrogen-bond acceptors (Lipinski definition) is 4. The molecular formula is C19H15FN4O3. The molecule has 0 spiro atoms. The molecule has 0 radical (unpaired) electrons. The van der Waals surface area contributed by atoms with Crippen LogP contribution < -0.4 is 5.32 Å². The number of carbonyl (C=O) groups excluding carboxylic acids is 1. The number of anilines is 1. The van der Waals surface area contributed by atoms with E-state index in [-0.39, 0.29) is 11.5 Å². The number of benzene rings is 2. The summed E-state index contributed by atoms with van der Waals surface area (Å²) in [5, 5.41) is 17.5. The minimum absolute atomic E-state index is 0.0452. The van der Waals surface area contributed by atoms with Crippen LogP contribution in [0.5, 0.6) is 0 Å². The first-order chi connectivity index (χ1) is 13.0. The predicted octanol–water partition coefficient (Wildman–Crippen LogP) is 3.63. The number of non-ortho nitro benzene ring substituents is 1. The van der Waals surface area contributed by atoms with Gasteiger partial charge in [-0.15, -0.1) is 0 Å². The Balaban J connectivity index is 1.60. The molecule has 0 atom stereocenters. The normalized spacial score (nSPS) is 10.9. The molecule has 0 aliphatic rings. The maximum absolute atomic E-state index is 13.2. The molecule has 1 aromatic heterocycles. The Morgan fingerprint density at radius 3 is 2.85 bits per heavy atom. The van der Waals surface area contributed by atoms with Crippen molar-refractivity contribution in [3.63, 3.8) is 0 Å². The van der Waals surface area contributed by atoms with Crippen LogP contribution in [0, 0.1) is 15.9 Å². The summed E-state index contributed by atoms with van der Waals surface area (Å²) in [6.45, 7) is 0.372. The Morgan fingerprint density at radius 2 is 2.07 bits per heavy atom. The van der Waals surface area contributed by atoms with Gasteiger partial charge in [0.05, 0.1) is 23.4 Å². The van der Waals surface area contributed by atoms with Crippen molar-refractivity contribution in [3.8, 4) is 0 Å². The number of nitro benzene ring substituents is 1. The third-order valence-corrected chi connectivity index (χ3v) is 3.64. The van der Waals surface area contributed by atoms with E-state index in [2.05, 4.69) is 10.4 Å². The smallest absolute Gasteiger partial charge is 0.270 e. The van der Waals surface area contributed by atoms with Crippen LogP contribution in [0.2, 0.25) is 0 Å². The monoisotopic (exact) mass is 366 g/mol. The van der Waals surface area contributed by atoms with Gasteiger partial charge in [-0.3, -0.25) is 19.6 Å². The van der Waals surface area contributed by atoms with Gasteiger partial charge in [-0.1, -0.05) is 24.3 Å². The summed E-state index contributed by atoms with van der Waals surface area (Å²) in [6.07, 6.45) is 5.88. The lowest BCUT2D eigenvalue weighted by Gasteiger charge is -2.01. The van der Waals surface area contributed by atoms with Crippen LogP contribution in [0.25, 0.3) is 6.08 Å². The largest absolute Gasteiger partial charge is 0.320 e. The lowest BCUT2D eigenvalue weighted by atomic mass is 10.2. The molecule has 0 bridgehead atoms. The second-order valence-corrected chi connectivity index (χ2v) is 5.73. The van der Waals surface area contributed by atoms with Gasteiger partial charge in [0.25, 0.3) is 5.69 Å². The lowest BCUT2D eigenvalue weighted by Crippen LogP contribution is -2.07. The molecule has 7 nitrogen and oxygen atoms in total. The van der Waals surface area contributed by atoms with Gasteiger partial charge >= 0.3 is 0 Å². The van der Waals surface area contributed by atoms with Crippen molar-refractivity contribution in [3.05, 3.63) is 94.1 Å². The Bertz CT molecular complexity index is 1010. The van der Waals surface area contributed by atoms with Crippen LogP contribution in [-0.4, -0.2) is 20.6 Å². The highest BCUT2D eigenvalue weighted by Crippen LogP contribution is 2.14. The zero-order valence-corrected chi connectivity index (χ0v) is 14.1. The topological polar surface area (TPSA) is 90.1 Å². The molecule has 1 amide bonds. The summed E-state index contributed by atoms with van der Waals surface area (Å²) in [6, 6.07) is 12.2. The van der Waals surface area contributed by atoms with E-state index in [1.54, 1.807) is 35.1 Å². The lowest BCUT2D eigenvalue weighted by molar-refractivity contribution is -0.384. The zero-order chi connectivity index (χ0) is 19.2. The summed E-state index contributed by atoms with van der Waals surface area (Å²) < 4.78 is 14.8. The fourth-order valence-electron chi connectivity index (χ4n) is 2.43. The number of rotatable bonds is 6. The molecule has 27 heavy (non-hydrogen) atoms. The van der Waals surface area contributed by atoms with Crippen molar-refractivity contribution >= 4 is 23.4 Å². The summed E-state index contributed by atoms with van der Waals surface area (Å²) in [5.41, 5.74) is 1.74. The predicted molar refractivity (Wildman–Crippen MR) is 98.5 cm³/mol. The van der Waals surface area contributed by atoms with Gasteiger partial charge in [-0.2, -0.15) is 5.10 Å². The van der Waals surface area contributed by atoms with Gasteiger partial charge < -0.3 is 5.32 Å². The van der Waals surface area contributed by atoms with Crippen LogP contribution in [0.4, 0.5) is 15.8 Å². The fraction of sp³-hybridized carbons (Fsp3) is 0.0526. The highest BCUT2D eigenvalue weighted by atomic mass is 19.1. The Labute approximate surface area is 153 Å². The number of nitrogens with one attached hydrogen (secondary N) is 1. The van der Waals surface area contributed by atoms with E-state index >= 15 is 0 Å². The summed E-state index contributed by atoms with van der Waals surface area (Å²) in [4.78, 5) is 22.3. The Kier molecular flexibility index (Phi) is 5.36. The standard InChI is InChI=1S/C19H15FN4O3/c20-16-5-1-4-15(9-16)12-23-13-17(11-21-23)22-19(25)8-7-14-3-2-6-18(10-14)24(26)27/h1-11,13H,12H2,(H,22,25)/b8-7+. The molecule has 1 heterocycles. The van der Waals surface area contributed by atoms with Crippen molar-refractivity contribution < 1.29 is 14.1 Å². The van der Waals surface area contributed by atoms with Gasteiger partial charge in [0.15, 0.2) is 0 Å². The number of hydrogen-bond donors (Lipinski definition) is 1.